The Kier molecular flexibility index (Phi) is 8.72. The Morgan fingerprint density at radius 2 is 0.878 bits per heavy atom. The zero-order valence-corrected chi connectivity index (χ0v) is 18.3. The average Bonchev–Trinajstić information content (AvgIpc) is 2.78. The van der Waals surface area contributed by atoms with Crippen molar-refractivity contribution in [1.82, 2.24) is 0 Å². The van der Waals surface area contributed by atoms with Gasteiger partial charge in [0.05, 0.1) is 0 Å². The van der Waals surface area contributed by atoms with Crippen LogP contribution in [0.3, 0.4) is 0 Å². The highest BCUT2D eigenvalue weighted by molar-refractivity contribution is 7.86. The van der Waals surface area contributed by atoms with Crippen LogP contribution in [0.4, 0.5) is 96.1 Å². The lowest BCUT2D eigenvalue weighted by Crippen LogP contribution is -2.72. The van der Waals surface area contributed by atoms with Crippen molar-refractivity contribution in [3.63, 3.8) is 0 Å². The zero-order valence-electron chi connectivity index (χ0n) is 17.4. The summed E-state index contributed by atoms with van der Waals surface area (Å²) in [5.74, 6) is -74.5. The maximum Gasteiger partial charge on any atom is 0.460 e. The van der Waals surface area contributed by atoms with E-state index in [9.17, 15) is 105 Å². The molecule has 3 nitrogen and oxygen atoms in total. The van der Waals surface area contributed by atoms with Gasteiger partial charge in [-0.3, -0.25) is 0 Å². The fourth-order valence-corrected chi connectivity index (χ4v) is 2.92. The molecule has 238 valence electrons. The number of benzene rings is 1. The van der Waals surface area contributed by atoms with Gasteiger partial charge in [-0.1, -0.05) is 0 Å². The van der Waals surface area contributed by atoms with Crippen LogP contribution in [0.1, 0.15) is 0 Å². The van der Waals surface area contributed by atoms with Crippen LogP contribution in [0, 0.1) is 23.3 Å². The molecular weight excluding hydrogens is 678 g/mol. The second-order valence-corrected chi connectivity index (χ2v) is 8.27. The lowest BCUT2D eigenvalue weighted by Gasteiger charge is -2.41. The number of allylic oxidation sites excluding steroid dienone is 1. The van der Waals surface area contributed by atoms with Crippen molar-refractivity contribution in [1.29, 1.82) is 0 Å². The lowest BCUT2D eigenvalue weighted by molar-refractivity contribution is -0.451. The molecule has 0 spiro atoms. The van der Waals surface area contributed by atoms with Gasteiger partial charge in [-0.2, -0.15) is 87.4 Å². The normalized spacial score (nSPS) is 15.7. The van der Waals surface area contributed by atoms with E-state index >= 15 is 0 Å². The first-order valence-corrected chi connectivity index (χ1v) is 9.95. The number of rotatable bonds is 9. The predicted molar refractivity (Wildman–Crippen MR) is 80.2 cm³/mol. The lowest BCUT2D eigenvalue weighted by atomic mass is 9.91. The van der Waals surface area contributed by atoms with Crippen LogP contribution in [0.15, 0.2) is 16.7 Å². The van der Waals surface area contributed by atoms with Gasteiger partial charge in [0, 0.05) is 0 Å². The van der Waals surface area contributed by atoms with Crippen molar-refractivity contribution in [2.45, 2.75) is 46.6 Å². The SMILES string of the molecule is O=S(=O)(F)c1c(F)c(F)c(F)c(F)c1OC(F)=C(F)C(F)(F)C(F)(F)C(F)(F)C(F)(F)C(F)(F)C(F)(F)C(F)(F)F. The third-order valence-corrected chi connectivity index (χ3v) is 5.25. The Morgan fingerprint density at radius 3 is 1.24 bits per heavy atom. The van der Waals surface area contributed by atoms with Gasteiger partial charge in [0.15, 0.2) is 22.3 Å². The molecule has 41 heavy (non-hydrogen) atoms. The summed E-state index contributed by atoms with van der Waals surface area (Å²) in [4.78, 5) is -3.42. The van der Waals surface area contributed by atoms with E-state index in [0.717, 1.165) is 0 Å². The van der Waals surface area contributed by atoms with Crippen LogP contribution in [-0.4, -0.2) is 50.1 Å². The summed E-state index contributed by atoms with van der Waals surface area (Å²) in [6.45, 7) is 0. The van der Waals surface area contributed by atoms with Crippen LogP contribution in [-0.2, 0) is 10.2 Å². The Hall–Kier alpha value is -2.83. The molecule has 0 aliphatic heterocycles. The van der Waals surface area contributed by atoms with Gasteiger partial charge in [-0.15, -0.1) is 3.89 Å². The van der Waals surface area contributed by atoms with E-state index in [4.69, 9.17) is 0 Å². The summed E-state index contributed by atoms with van der Waals surface area (Å²) in [7, 11) is -7.11. The van der Waals surface area contributed by atoms with Crippen LogP contribution in [0.5, 0.6) is 5.75 Å². The van der Waals surface area contributed by atoms with E-state index < -0.39 is 97.7 Å². The summed E-state index contributed by atoms with van der Waals surface area (Å²) in [6.07, 6.45) is -7.99. The highest BCUT2D eigenvalue weighted by Gasteiger charge is 2.93. The van der Waals surface area contributed by atoms with Gasteiger partial charge < -0.3 is 4.74 Å². The van der Waals surface area contributed by atoms with E-state index in [2.05, 4.69) is 4.74 Å². The molecule has 0 saturated heterocycles. The molecule has 0 aliphatic rings. The molecule has 0 amide bonds. The molecule has 1 rings (SSSR count). The first-order valence-electron chi connectivity index (χ1n) is 8.57. The van der Waals surface area contributed by atoms with Crippen molar-refractivity contribution in [3.05, 3.63) is 35.1 Å². The summed E-state index contributed by atoms with van der Waals surface area (Å²) in [5, 5.41) is 0. The van der Waals surface area contributed by atoms with Crippen molar-refractivity contribution in [3.8, 4) is 5.75 Å². The summed E-state index contributed by atoms with van der Waals surface area (Å²) in [5.41, 5.74) is 0. The summed E-state index contributed by atoms with van der Waals surface area (Å²) >= 11 is 0. The van der Waals surface area contributed by atoms with Crippen LogP contribution < -0.4 is 4.74 Å². The molecule has 26 heteroatoms. The zero-order chi connectivity index (χ0) is 33.3. The van der Waals surface area contributed by atoms with Gasteiger partial charge in [-0.25, -0.2) is 13.2 Å². The van der Waals surface area contributed by atoms with Crippen LogP contribution in [0.25, 0.3) is 0 Å². The molecule has 0 unspecified atom stereocenters. The third-order valence-electron chi connectivity index (χ3n) is 4.39. The first kappa shape index (κ1) is 36.2. The predicted octanol–water partition coefficient (Wildman–Crippen LogP) is 7.76. The van der Waals surface area contributed by atoms with Crippen LogP contribution in [0.2, 0.25) is 0 Å². The molecule has 1 aromatic carbocycles. The largest absolute Gasteiger partial charge is 0.460 e. The smallest absolute Gasteiger partial charge is 0.425 e. The summed E-state index contributed by atoms with van der Waals surface area (Å²) in [6, 6.07) is -4.59. The first-order chi connectivity index (χ1) is 17.7. The summed E-state index contributed by atoms with van der Waals surface area (Å²) < 4.78 is 314. The Labute approximate surface area is 208 Å². The number of ether oxygens (including phenoxy) is 1. The molecule has 0 radical (unpaired) electrons. The van der Waals surface area contributed by atoms with E-state index in [1.54, 1.807) is 0 Å². The van der Waals surface area contributed by atoms with Gasteiger partial charge in [0.2, 0.25) is 17.5 Å². The minimum absolute atomic E-state index is 2.66. The molecule has 0 heterocycles. The standard InChI is InChI=1S/C15F22O3S/c16-1-2(17)4(19)6(41(37,38)39)5(3(1)18)40-8(21)7(20)9(22,23)10(24,25)11(26,27)12(28,29)13(30,31)14(32,33)15(34,35)36. The van der Waals surface area contributed by atoms with Gasteiger partial charge >= 0.3 is 57.9 Å². The molecule has 0 atom stereocenters. The van der Waals surface area contributed by atoms with E-state index in [1.807, 2.05) is 0 Å². The quantitative estimate of drug-likeness (QED) is 0.0883. The maximum atomic E-state index is 13.7. The maximum absolute atomic E-state index is 13.7. The molecule has 0 N–H and O–H groups in total. The molecule has 0 saturated carbocycles. The number of hydrogen-bond acceptors (Lipinski definition) is 3. The second-order valence-electron chi connectivity index (χ2n) is 6.99. The van der Waals surface area contributed by atoms with Gasteiger partial charge in [0.1, 0.15) is 0 Å². The highest BCUT2D eigenvalue weighted by atomic mass is 32.3. The third kappa shape index (κ3) is 5.08. The Balaban J connectivity index is 3.89. The number of halogens is 22. The number of hydrogen-bond donors (Lipinski definition) is 0. The molecule has 0 aromatic heterocycles. The molecule has 0 aliphatic carbocycles. The van der Waals surface area contributed by atoms with Crippen LogP contribution >= 0.6 is 0 Å². The van der Waals surface area contributed by atoms with Crippen molar-refractivity contribution in [2.24, 2.45) is 0 Å². The molecule has 0 fully saturated rings. The van der Waals surface area contributed by atoms with E-state index in [0.29, 0.717) is 0 Å². The molecule has 0 bridgehead atoms. The van der Waals surface area contributed by atoms with Gasteiger partial charge in [-0.05, 0) is 0 Å². The minimum Gasteiger partial charge on any atom is -0.425 e. The fourth-order valence-electron chi connectivity index (χ4n) is 2.26. The molecular formula is C15F22O3S. The minimum atomic E-state index is -8.97. The van der Waals surface area contributed by atoms with E-state index in [-0.39, 0.29) is 0 Å². The fraction of sp³-hybridized carbons (Fsp3) is 0.467. The van der Waals surface area contributed by atoms with E-state index in [1.165, 1.54) is 0 Å². The second kappa shape index (κ2) is 9.88. The monoisotopic (exact) mass is 678 g/mol. The average molecular weight is 678 g/mol. The number of alkyl halides is 15. The van der Waals surface area contributed by atoms with Crippen molar-refractivity contribution in [2.75, 3.05) is 0 Å². The van der Waals surface area contributed by atoms with Crippen molar-refractivity contribution >= 4 is 10.2 Å². The highest BCUT2D eigenvalue weighted by Crippen LogP contribution is 2.63. The topological polar surface area (TPSA) is 43.4 Å². The Bertz CT molecular complexity index is 1340. The van der Waals surface area contributed by atoms with Gasteiger partial charge in [0.25, 0.3) is 0 Å². The Morgan fingerprint density at radius 1 is 0.537 bits per heavy atom. The molecule has 1 aromatic rings. The van der Waals surface area contributed by atoms with Crippen molar-refractivity contribution < 1.29 is 109 Å².